The van der Waals surface area contributed by atoms with E-state index in [2.05, 4.69) is 0 Å². The van der Waals surface area contributed by atoms with Gasteiger partial charge in [0.15, 0.2) is 0 Å². The molecule has 0 fully saturated rings. The fraction of sp³-hybridized carbons (Fsp3) is 0.909. The van der Waals surface area contributed by atoms with E-state index in [0.29, 0.717) is 6.61 Å². The van der Waals surface area contributed by atoms with Gasteiger partial charge >= 0.3 is 5.97 Å². The second-order valence-corrected chi connectivity index (χ2v) is 3.93. The highest BCUT2D eigenvalue weighted by Crippen LogP contribution is 2.05. The summed E-state index contributed by atoms with van der Waals surface area (Å²) >= 11 is 0. The SMILES string of the molecule is CCC(C)C(=O)OCC(C)OC(C)C. The predicted octanol–water partition coefficient (Wildman–Crippen LogP) is 2.39. The molecule has 2 unspecified atom stereocenters. The molecule has 0 N–H and O–H groups in total. The molecular formula is C11H22O3. The van der Waals surface area contributed by atoms with E-state index in [-0.39, 0.29) is 24.1 Å². The predicted molar refractivity (Wildman–Crippen MR) is 56.1 cm³/mol. The summed E-state index contributed by atoms with van der Waals surface area (Å²) in [6.45, 7) is 10.0. The van der Waals surface area contributed by atoms with Crippen LogP contribution in [0.2, 0.25) is 0 Å². The Balaban J connectivity index is 3.66. The third-order valence-electron chi connectivity index (χ3n) is 1.98. The first-order valence-electron chi connectivity index (χ1n) is 5.29. The summed E-state index contributed by atoms with van der Waals surface area (Å²) in [6.07, 6.45) is 0.966. The molecule has 0 saturated carbocycles. The van der Waals surface area contributed by atoms with Gasteiger partial charge in [0.2, 0.25) is 0 Å². The Morgan fingerprint density at radius 2 is 1.79 bits per heavy atom. The molecule has 3 nitrogen and oxygen atoms in total. The smallest absolute Gasteiger partial charge is 0.308 e. The van der Waals surface area contributed by atoms with Crippen LogP contribution in [0.1, 0.15) is 41.0 Å². The van der Waals surface area contributed by atoms with Crippen LogP contribution in [-0.2, 0) is 14.3 Å². The first-order valence-corrected chi connectivity index (χ1v) is 5.29. The van der Waals surface area contributed by atoms with Gasteiger partial charge in [0.1, 0.15) is 6.61 Å². The van der Waals surface area contributed by atoms with Gasteiger partial charge in [-0.3, -0.25) is 4.79 Å². The van der Waals surface area contributed by atoms with Crippen LogP contribution < -0.4 is 0 Å². The van der Waals surface area contributed by atoms with Crippen LogP contribution in [0.4, 0.5) is 0 Å². The summed E-state index contributed by atoms with van der Waals surface area (Å²) in [4.78, 5) is 11.3. The minimum absolute atomic E-state index is 0.0127. The van der Waals surface area contributed by atoms with Gasteiger partial charge in [-0.2, -0.15) is 0 Å². The summed E-state index contributed by atoms with van der Waals surface area (Å²) in [5.74, 6) is -0.145. The maximum atomic E-state index is 11.3. The number of ether oxygens (including phenoxy) is 2. The quantitative estimate of drug-likeness (QED) is 0.620. The van der Waals surface area contributed by atoms with E-state index in [9.17, 15) is 4.79 Å². The highest BCUT2D eigenvalue weighted by Gasteiger charge is 2.14. The molecule has 2 atom stereocenters. The van der Waals surface area contributed by atoms with Crippen molar-refractivity contribution in [3.05, 3.63) is 0 Å². The molecule has 0 rings (SSSR count). The second kappa shape index (κ2) is 6.82. The Hall–Kier alpha value is -0.570. The molecule has 0 aliphatic carbocycles. The van der Waals surface area contributed by atoms with E-state index in [0.717, 1.165) is 6.42 Å². The molecule has 0 aromatic rings. The zero-order chi connectivity index (χ0) is 11.1. The summed E-state index contributed by atoms with van der Waals surface area (Å²) in [5.41, 5.74) is 0. The molecule has 0 bridgehead atoms. The molecule has 14 heavy (non-hydrogen) atoms. The Kier molecular flexibility index (Phi) is 6.54. The molecule has 0 spiro atoms. The molecule has 0 aliphatic rings. The van der Waals surface area contributed by atoms with Crippen LogP contribution in [0.3, 0.4) is 0 Å². The number of hydrogen-bond donors (Lipinski definition) is 0. The lowest BCUT2D eigenvalue weighted by Crippen LogP contribution is -2.24. The van der Waals surface area contributed by atoms with Gasteiger partial charge in [0.05, 0.1) is 18.1 Å². The van der Waals surface area contributed by atoms with Crippen molar-refractivity contribution in [2.24, 2.45) is 5.92 Å². The molecule has 0 radical (unpaired) electrons. The zero-order valence-corrected chi connectivity index (χ0v) is 9.87. The summed E-state index contributed by atoms with van der Waals surface area (Å²) < 4.78 is 10.5. The lowest BCUT2D eigenvalue weighted by molar-refractivity contribution is -0.152. The van der Waals surface area contributed by atoms with Gasteiger partial charge < -0.3 is 9.47 Å². The average molecular weight is 202 g/mol. The van der Waals surface area contributed by atoms with Crippen molar-refractivity contribution in [1.29, 1.82) is 0 Å². The topological polar surface area (TPSA) is 35.5 Å². The van der Waals surface area contributed by atoms with E-state index in [1.54, 1.807) is 0 Å². The van der Waals surface area contributed by atoms with Gasteiger partial charge in [-0.25, -0.2) is 0 Å². The highest BCUT2D eigenvalue weighted by molar-refractivity contribution is 5.71. The first kappa shape index (κ1) is 13.4. The molecule has 3 heteroatoms. The van der Waals surface area contributed by atoms with Crippen LogP contribution in [0.15, 0.2) is 0 Å². The number of hydrogen-bond acceptors (Lipinski definition) is 3. The van der Waals surface area contributed by atoms with Crippen LogP contribution in [0.25, 0.3) is 0 Å². The maximum absolute atomic E-state index is 11.3. The van der Waals surface area contributed by atoms with E-state index in [4.69, 9.17) is 9.47 Å². The number of esters is 1. The first-order chi connectivity index (χ1) is 6.47. The Bertz CT molecular complexity index is 166. The van der Waals surface area contributed by atoms with Crippen molar-refractivity contribution >= 4 is 5.97 Å². The molecule has 0 amide bonds. The van der Waals surface area contributed by atoms with Gasteiger partial charge in [-0.05, 0) is 27.2 Å². The molecular weight excluding hydrogens is 180 g/mol. The zero-order valence-electron chi connectivity index (χ0n) is 9.87. The van der Waals surface area contributed by atoms with Crippen molar-refractivity contribution in [2.45, 2.75) is 53.2 Å². The fourth-order valence-corrected chi connectivity index (χ4v) is 1.01. The standard InChI is InChI=1S/C11H22O3/c1-6-9(4)11(12)13-7-10(5)14-8(2)3/h8-10H,6-7H2,1-5H3. The summed E-state index contributed by atoms with van der Waals surface area (Å²) in [5, 5.41) is 0. The third-order valence-corrected chi connectivity index (χ3v) is 1.98. The van der Waals surface area contributed by atoms with E-state index in [1.165, 1.54) is 0 Å². The lowest BCUT2D eigenvalue weighted by Gasteiger charge is -2.17. The molecule has 0 aliphatic heterocycles. The normalized spacial score (nSPS) is 15.3. The van der Waals surface area contributed by atoms with Crippen molar-refractivity contribution < 1.29 is 14.3 Å². The molecule has 0 aromatic heterocycles. The van der Waals surface area contributed by atoms with Crippen molar-refractivity contribution in [2.75, 3.05) is 6.61 Å². The van der Waals surface area contributed by atoms with Gasteiger partial charge in [-0.15, -0.1) is 0 Å². The van der Waals surface area contributed by atoms with Crippen LogP contribution >= 0.6 is 0 Å². The number of carbonyl (C=O) groups is 1. The number of carbonyl (C=O) groups excluding carboxylic acids is 1. The molecule has 0 aromatic carbocycles. The van der Waals surface area contributed by atoms with Gasteiger partial charge in [-0.1, -0.05) is 13.8 Å². The largest absolute Gasteiger partial charge is 0.463 e. The summed E-state index contributed by atoms with van der Waals surface area (Å²) in [6, 6.07) is 0. The Labute approximate surface area is 86.8 Å². The molecule has 84 valence electrons. The minimum atomic E-state index is -0.133. The third kappa shape index (κ3) is 5.97. The van der Waals surface area contributed by atoms with Gasteiger partial charge in [0.25, 0.3) is 0 Å². The van der Waals surface area contributed by atoms with E-state index in [1.807, 2.05) is 34.6 Å². The fourth-order valence-electron chi connectivity index (χ4n) is 1.01. The monoisotopic (exact) mass is 202 g/mol. The van der Waals surface area contributed by atoms with Crippen LogP contribution in [-0.4, -0.2) is 24.8 Å². The van der Waals surface area contributed by atoms with Crippen LogP contribution in [0, 0.1) is 5.92 Å². The number of rotatable bonds is 6. The van der Waals surface area contributed by atoms with Crippen molar-refractivity contribution in [1.82, 2.24) is 0 Å². The highest BCUT2D eigenvalue weighted by atomic mass is 16.6. The van der Waals surface area contributed by atoms with E-state index >= 15 is 0 Å². The maximum Gasteiger partial charge on any atom is 0.308 e. The lowest BCUT2D eigenvalue weighted by atomic mass is 10.1. The molecule has 0 heterocycles. The Morgan fingerprint density at radius 1 is 1.21 bits per heavy atom. The van der Waals surface area contributed by atoms with Crippen molar-refractivity contribution in [3.8, 4) is 0 Å². The van der Waals surface area contributed by atoms with Gasteiger partial charge in [0, 0.05) is 0 Å². The second-order valence-electron chi connectivity index (χ2n) is 3.93. The summed E-state index contributed by atoms with van der Waals surface area (Å²) in [7, 11) is 0. The van der Waals surface area contributed by atoms with Crippen LogP contribution in [0.5, 0.6) is 0 Å². The van der Waals surface area contributed by atoms with Crippen molar-refractivity contribution in [3.63, 3.8) is 0 Å². The van der Waals surface area contributed by atoms with E-state index < -0.39 is 0 Å². The Morgan fingerprint density at radius 3 is 2.21 bits per heavy atom. The average Bonchev–Trinajstić information content (AvgIpc) is 2.11. The minimum Gasteiger partial charge on any atom is -0.463 e. The molecule has 0 saturated heterocycles.